The largest absolute Gasteiger partial charge is 0.352 e. The number of benzene rings is 1. The summed E-state index contributed by atoms with van der Waals surface area (Å²) >= 11 is 0. The average Bonchev–Trinajstić information content (AvgIpc) is 2.62. The number of nitrogens with one attached hydrogen (secondary N) is 1. The first-order valence-corrected chi connectivity index (χ1v) is 8.67. The van der Waals surface area contributed by atoms with Crippen molar-refractivity contribution < 1.29 is 4.79 Å². The van der Waals surface area contributed by atoms with Crippen LogP contribution in [0, 0.1) is 12.8 Å². The van der Waals surface area contributed by atoms with Crippen LogP contribution in [0.4, 0.5) is 0 Å². The third-order valence-electron chi connectivity index (χ3n) is 4.69. The second kappa shape index (κ2) is 8.06. The molecule has 1 fully saturated rings. The van der Waals surface area contributed by atoms with Gasteiger partial charge in [-0.3, -0.25) is 14.7 Å². The Kier molecular flexibility index (Phi) is 5.59. The van der Waals surface area contributed by atoms with Crippen molar-refractivity contribution in [3.05, 3.63) is 65.5 Å². The molecule has 126 valence electrons. The molecule has 0 unspecified atom stereocenters. The Bertz CT molecular complexity index is 664. The molecule has 0 bridgehead atoms. The summed E-state index contributed by atoms with van der Waals surface area (Å²) in [5, 5.41) is 3.09. The van der Waals surface area contributed by atoms with E-state index in [2.05, 4.69) is 27.3 Å². The van der Waals surface area contributed by atoms with Crippen molar-refractivity contribution in [2.24, 2.45) is 5.92 Å². The maximum absolute atomic E-state index is 12.2. The highest BCUT2D eigenvalue weighted by molar-refractivity contribution is 5.94. The van der Waals surface area contributed by atoms with Gasteiger partial charge < -0.3 is 5.32 Å². The van der Waals surface area contributed by atoms with Gasteiger partial charge >= 0.3 is 0 Å². The number of aromatic nitrogens is 1. The fraction of sp³-hybridized carbons (Fsp3) is 0.400. The lowest BCUT2D eigenvalue weighted by Crippen LogP contribution is -2.38. The maximum Gasteiger partial charge on any atom is 0.251 e. The second-order valence-electron chi connectivity index (χ2n) is 6.65. The van der Waals surface area contributed by atoms with Crippen molar-refractivity contribution in [3.8, 4) is 0 Å². The summed E-state index contributed by atoms with van der Waals surface area (Å²) in [7, 11) is 0. The molecule has 1 N–H and O–H groups in total. The van der Waals surface area contributed by atoms with Gasteiger partial charge in [-0.2, -0.15) is 0 Å². The Hall–Kier alpha value is -2.20. The molecule has 2 aromatic rings. The highest BCUT2D eigenvalue weighted by atomic mass is 16.1. The molecule has 1 aromatic carbocycles. The summed E-state index contributed by atoms with van der Waals surface area (Å²) in [5.41, 5.74) is 3.19. The lowest BCUT2D eigenvalue weighted by molar-refractivity contribution is 0.0935. The van der Waals surface area contributed by atoms with Crippen LogP contribution in [0.3, 0.4) is 0 Å². The summed E-state index contributed by atoms with van der Waals surface area (Å²) in [4.78, 5) is 18.8. The Morgan fingerprint density at radius 3 is 2.67 bits per heavy atom. The van der Waals surface area contributed by atoms with E-state index in [-0.39, 0.29) is 5.91 Å². The third kappa shape index (κ3) is 4.65. The lowest BCUT2D eigenvalue weighted by atomic mass is 9.96. The molecule has 0 saturated carbocycles. The van der Waals surface area contributed by atoms with Crippen LogP contribution in [0.25, 0.3) is 0 Å². The maximum atomic E-state index is 12.2. The topological polar surface area (TPSA) is 45.2 Å². The first kappa shape index (κ1) is 16.7. The van der Waals surface area contributed by atoms with Crippen molar-refractivity contribution in [2.45, 2.75) is 26.3 Å². The van der Waals surface area contributed by atoms with Crippen molar-refractivity contribution in [2.75, 3.05) is 19.6 Å². The molecule has 4 heteroatoms. The third-order valence-corrected chi connectivity index (χ3v) is 4.69. The Morgan fingerprint density at radius 1 is 1.21 bits per heavy atom. The number of likely N-dealkylation sites (tertiary alicyclic amines) is 1. The molecule has 0 spiro atoms. The molecule has 3 rings (SSSR count). The van der Waals surface area contributed by atoms with Crippen molar-refractivity contribution in [1.82, 2.24) is 15.2 Å². The molecule has 0 atom stereocenters. The zero-order valence-corrected chi connectivity index (χ0v) is 14.2. The van der Waals surface area contributed by atoms with Crippen LogP contribution in [-0.2, 0) is 6.54 Å². The van der Waals surface area contributed by atoms with Crippen LogP contribution in [0.5, 0.6) is 0 Å². The SMILES string of the molecule is Cc1cccc(C(=O)NCC2CCN(Cc3ccncc3)CC2)c1. The first-order valence-electron chi connectivity index (χ1n) is 8.67. The number of carbonyl (C=O) groups excluding carboxylic acids is 1. The summed E-state index contributed by atoms with van der Waals surface area (Å²) in [6.45, 7) is 5.96. The average molecular weight is 323 g/mol. The van der Waals surface area contributed by atoms with Gasteiger partial charge in [0.15, 0.2) is 0 Å². The Balaban J connectivity index is 1.42. The predicted octanol–water partition coefficient (Wildman–Crippen LogP) is 3.03. The molecule has 1 aromatic heterocycles. The molecule has 0 radical (unpaired) electrons. The zero-order valence-electron chi connectivity index (χ0n) is 14.2. The summed E-state index contributed by atoms with van der Waals surface area (Å²) in [6, 6.07) is 11.9. The van der Waals surface area contributed by atoms with E-state index < -0.39 is 0 Å². The van der Waals surface area contributed by atoms with E-state index in [1.165, 1.54) is 5.56 Å². The number of pyridine rings is 1. The molecule has 24 heavy (non-hydrogen) atoms. The molecule has 1 saturated heterocycles. The van der Waals surface area contributed by atoms with Gasteiger partial charge in [0.25, 0.3) is 5.91 Å². The van der Waals surface area contributed by atoms with E-state index in [0.717, 1.165) is 50.1 Å². The van der Waals surface area contributed by atoms with Gasteiger partial charge in [-0.25, -0.2) is 0 Å². The molecular weight excluding hydrogens is 298 g/mol. The smallest absolute Gasteiger partial charge is 0.251 e. The van der Waals surface area contributed by atoms with E-state index >= 15 is 0 Å². The normalized spacial score (nSPS) is 16.0. The van der Waals surface area contributed by atoms with Crippen LogP contribution in [-0.4, -0.2) is 35.4 Å². The highest BCUT2D eigenvalue weighted by Crippen LogP contribution is 2.18. The van der Waals surface area contributed by atoms with Gasteiger partial charge in [-0.1, -0.05) is 17.7 Å². The van der Waals surface area contributed by atoms with E-state index in [1.54, 1.807) is 0 Å². The van der Waals surface area contributed by atoms with Crippen LogP contribution in [0.15, 0.2) is 48.8 Å². The van der Waals surface area contributed by atoms with Gasteiger partial charge in [0.2, 0.25) is 0 Å². The zero-order chi connectivity index (χ0) is 16.8. The molecule has 1 amide bonds. The summed E-state index contributed by atoms with van der Waals surface area (Å²) < 4.78 is 0. The molecule has 4 nitrogen and oxygen atoms in total. The minimum Gasteiger partial charge on any atom is -0.352 e. The number of rotatable bonds is 5. The van der Waals surface area contributed by atoms with Gasteiger partial charge in [-0.05, 0) is 68.6 Å². The fourth-order valence-corrected chi connectivity index (χ4v) is 3.22. The number of aryl methyl sites for hydroxylation is 1. The number of piperidine rings is 1. The predicted molar refractivity (Wildman–Crippen MR) is 95.8 cm³/mol. The van der Waals surface area contributed by atoms with E-state index in [0.29, 0.717) is 5.92 Å². The number of amides is 1. The second-order valence-corrected chi connectivity index (χ2v) is 6.65. The van der Waals surface area contributed by atoms with Crippen molar-refractivity contribution >= 4 is 5.91 Å². The molecular formula is C20H25N3O. The Morgan fingerprint density at radius 2 is 1.96 bits per heavy atom. The van der Waals surface area contributed by atoms with Gasteiger partial charge in [-0.15, -0.1) is 0 Å². The number of hydrogen-bond acceptors (Lipinski definition) is 3. The van der Waals surface area contributed by atoms with Gasteiger partial charge in [0.1, 0.15) is 0 Å². The molecule has 1 aliphatic rings. The lowest BCUT2D eigenvalue weighted by Gasteiger charge is -2.32. The van der Waals surface area contributed by atoms with Crippen LogP contribution in [0.2, 0.25) is 0 Å². The van der Waals surface area contributed by atoms with Crippen LogP contribution >= 0.6 is 0 Å². The molecule has 1 aliphatic heterocycles. The summed E-state index contributed by atoms with van der Waals surface area (Å²) in [6.07, 6.45) is 5.98. The van der Waals surface area contributed by atoms with Crippen molar-refractivity contribution in [1.29, 1.82) is 0 Å². The van der Waals surface area contributed by atoms with Gasteiger partial charge in [0.05, 0.1) is 0 Å². The summed E-state index contributed by atoms with van der Waals surface area (Å²) in [5.74, 6) is 0.616. The quantitative estimate of drug-likeness (QED) is 0.920. The monoisotopic (exact) mass is 323 g/mol. The first-order chi connectivity index (χ1) is 11.7. The number of hydrogen-bond donors (Lipinski definition) is 1. The van der Waals surface area contributed by atoms with E-state index in [4.69, 9.17) is 0 Å². The number of nitrogens with zero attached hydrogens (tertiary/aromatic N) is 2. The molecule has 2 heterocycles. The minimum atomic E-state index is 0.0397. The minimum absolute atomic E-state index is 0.0397. The van der Waals surface area contributed by atoms with Gasteiger partial charge in [0, 0.05) is 31.0 Å². The Labute approximate surface area is 143 Å². The van der Waals surface area contributed by atoms with E-state index in [9.17, 15) is 4.79 Å². The molecule has 0 aliphatic carbocycles. The van der Waals surface area contributed by atoms with Crippen LogP contribution < -0.4 is 5.32 Å². The number of carbonyl (C=O) groups is 1. The van der Waals surface area contributed by atoms with Crippen LogP contribution in [0.1, 0.15) is 34.3 Å². The van der Waals surface area contributed by atoms with E-state index in [1.807, 2.05) is 43.6 Å². The standard InChI is InChI=1S/C20H25N3O/c1-16-3-2-4-19(13-16)20(24)22-14-17-7-11-23(12-8-17)15-18-5-9-21-10-6-18/h2-6,9-10,13,17H,7-8,11-12,14-15H2,1H3,(H,22,24). The highest BCUT2D eigenvalue weighted by Gasteiger charge is 2.20. The fourth-order valence-electron chi connectivity index (χ4n) is 3.22. The van der Waals surface area contributed by atoms with Crippen molar-refractivity contribution in [3.63, 3.8) is 0 Å².